The van der Waals surface area contributed by atoms with Crippen molar-refractivity contribution < 1.29 is 43.8 Å². The summed E-state index contributed by atoms with van der Waals surface area (Å²) in [5.41, 5.74) is 3.46. The molecule has 0 aliphatic carbocycles. The Balaban J connectivity index is 0. The summed E-state index contributed by atoms with van der Waals surface area (Å²) < 4.78 is 8.04. The van der Waals surface area contributed by atoms with E-state index in [1.807, 2.05) is 85.7 Å². The number of carbonyl (C=O) groups is 2. The standard InChI is InChI=1S/C17H28N2O3.C15H24N2O3.Li.H2O/c1-7-22-17(21)15(8-12(2)3)19-11-14(10-18(5)6)13(4)9-16(19)20;1-10(2)6-13(15(19)20)17-9-12(8-16(4)5)11(3)7-14(17)18;;/h9,11-12,15H,7-8,10H2,1-6H3;7,9-10,13H,6,8H2,1-5H3,(H,19,20);;1H2/q;;+1;/p-1. The summed E-state index contributed by atoms with van der Waals surface area (Å²) in [7, 11) is 7.84. The van der Waals surface area contributed by atoms with Crippen LogP contribution in [0.3, 0.4) is 0 Å². The number of hydrogen-bond acceptors (Lipinski definition) is 8. The van der Waals surface area contributed by atoms with E-state index in [4.69, 9.17) is 4.74 Å². The maximum absolute atomic E-state index is 12.4. The van der Waals surface area contributed by atoms with Crippen LogP contribution in [-0.4, -0.2) is 76.3 Å². The minimum absolute atomic E-state index is 0. The minimum atomic E-state index is -0.958. The number of hydrogen-bond donors (Lipinski definition) is 1. The van der Waals surface area contributed by atoms with Crippen LogP contribution in [0.4, 0.5) is 0 Å². The number of aromatic nitrogens is 2. The van der Waals surface area contributed by atoms with Gasteiger partial charge in [0, 0.05) is 37.6 Å². The maximum atomic E-state index is 12.4. The Kier molecular flexibility index (Phi) is 20.1. The van der Waals surface area contributed by atoms with Gasteiger partial charge in [0.25, 0.3) is 11.1 Å². The van der Waals surface area contributed by atoms with Gasteiger partial charge in [-0.1, -0.05) is 27.7 Å². The number of nitrogens with zero attached hydrogens (tertiary/aromatic N) is 4. The van der Waals surface area contributed by atoms with E-state index in [1.165, 1.54) is 15.2 Å². The molecule has 2 N–H and O–H groups in total. The average molecular weight is 613 g/mol. The largest absolute Gasteiger partial charge is 1.00 e. The first-order valence-electron chi connectivity index (χ1n) is 14.6. The fourth-order valence-corrected chi connectivity index (χ4v) is 4.66. The Labute approximate surface area is 274 Å². The van der Waals surface area contributed by atoms with Crippen LogP contribution in [0.5, 0.6) is 0 Å². The summed E-state index contributed by atoms with van der Waals surface area (Å²) in [5.74, 6) is -0.792. The fourth-order valence-electron chi connectivity index (χ4n) is 4.66. The number of ether oxygens (including phenoxy) is 1. The van der Waals surface area contributed by atoms with Gasteiger partial charge in [-0.25, -0.2) is 9.59 Å². The second kappa shape index (κ2) is 20.4. The first-order valence-corrected chi connectivity index (χ1v) is 14.6. The molecule has 12 heteroatoms. The molecule has 2 aromatic heterocycles. The second-order valence-corrected chi connectivity index (χ2v) is 12.3. The molecule has 2 aromatic rings. The summed E-state index contributed by atoms with van der Waals surface area (Å²) in [6.07, 6.45) is 4.53. The van der Waals surface area contributed by atoms with Crippen molar-refractivity contribution in [3.05, 3.63) is 67.5 Å². The van der Waals surface area contributed by atoms with Crippen LogP contribution in [0.1, 0.15) is 81.8 Å². The van der Waals surface area contributed by atoms with Gasteiger partial charge in [-0.05, 0) is 95.9 Å². The summed E-state index contributed by atoms with van der Waals surface area (Å²) in [4.78, 5) is 52.2. The van der Waals surface area contributed by atoms with E-state index in [-0.39, 0.29) is 47.3 Å². The van der Waals surface area contributed by atoms with Gasteiger partial charge in [0.1, 0.15) is 12.1 Å². The van der Waals surface area contributed by atoms with Gasteiger partial charge >= 0.3 is 30.8 Å². The Bertz CT molecular complexity index is 1300. The molecule has 2 heterocycles. The SMILES string of the molecule is CCOC(=O)C(CC(C)C)n1cc(CN(C)C)c(C)cc1=O.Cc1cc(=O)n(C(CC(C)C)C(=O)O)cc1CN(C)C.[Li+].[OH-]. The van der Waals surface area contributed by atoms with Crippen molar-refractivity contribution in [1.82, 2.24) is 18.9 Å². The minimum Gasteiger partial charge on any atom is -0.870 e. The first-order chi connectivity index (χ1) is 19.5. The van der Waals surface area contributed by atoms with Crippen molar-refractivity contribution >= 4 is 11.9 Å². The molecule has 0 radical (unpaired) electrons. The van der Waals surface area contributed by atoms with Crippen molar-refractivity contribution in [3.63, 3.8) is 0 Å². The van der Waals surface area contributed by atoms with E-state index in [0.717, 1.165) is 28.8 Å². The number of carboxylic acids is 1. The zero-order valence-electron chi connectivity index (χ0n) is 28.9. The summed E-state index contributed by atoms with van der Waals surface area (Å²) in [6.45, 7) is 15.3. The molecule has 0 saturated carbocycles. The number of aryl methyl sites for hydroxylation is 2. The predicted molar refractivity (Wildman–Crippen MR) is 169 cm³/mol. The quantitative estimate of drug-likeness (QED) is 0.260. The van der Waals surface area contributed by atoms with Crippen LogP contribution >= 0.6 is 0 Å². The van der Waals surface area contributed by atoms with Crippen molar-refractivity contribution in [3.8, 4) is 0 Å². The molecule has 2 unspecified atom stereocenters. The average Bonchev–Trinajstić information content (AvgIpc) is 2.84. The molecule has 0 spiro atoms. The number of pyridine rings is 2. The topological polar surface area (TPSA) is 144 Å². The van der Waals surface area contributed by atoms with Crippen molar-refractivity contribution in [2.45, 2.75) is 86.5 Å². The molecule has 2 atom stereocenters. The summed E-state index contributed by atoms with van der Waals surface area (Å²) >= 11 is 0. The number of carbonyl (C=O) groups excluding carboxylic acids is 1. The van der Waals surface area contributed by atoms with Crippen LogP contribution < -0.4 is 30.0 Å². The number of aliphatic carboxylic acids is 1. The molecule has 44 heavy (non-hydrogen) atoms. The van der Waals surface area contributed by atoms with Crippen LogP contribution in [0.25, 0.3) is 0 Å². The second-order valence-electron chi connectivity index (χ2n) is 12.3. The summed E-state index contributed by atoms with van der Waals surface area (Å²) in [5, 5.41) is 9.37. The summed E-state index contributed by atoms with van der Waals surface area (Å²) in [6, 6.07) is 1.76. The molecule has 0 bridgehead atoms. The Morgan fingerprint density at radius 2 is 1.16 bits per heavy atom. The van der Waals surface area contributed by atoms with Crippen LogP contribution in [0, 0.1) is 25.7 Å². The monoisotopic (exact) mass is 612 g/mol. The van der Waals surface area contributed by atoms with E-state index in [2.05, 4.69) is 0 Å². The van der Waals surface area contributed by atoms with E-state index >= 15 is 0 Å². The van der Waals surface area contributed by atoms with Gasteiger partial charge < -0.3 is 34.3 Å². The van der Waals surface area contributed by atoms with E-state index in [1.54, 1.807) is 19.2 Å². The molecular weight excluding hydrogens is 559 g/mol. The predicted octanol–water partition coefficient (Wildman–Crippen LogP) is 1.09. The molecule has 0 aromatic carbocycles. The third-order valence-corrected chi connectivity index (χ3v) is 6.67. The normalized spacial score (nSPS) is 12.2. The molecule has 0 saturated heterocycles. The van der Waals surface area contributed by atoms with Gasteiger partial charge in [0.15, 0.2) is 0 Å². The van der Waals surface area contributed by atoms with Gasteiger partial charge in [-0.15, -0.1) is 0 Å². The Morgan fingerprint density at radius 1 is 0.795 bits per heavy atom. The zero-order chi connectivity index (χ0) is 32.3. The molecule has 2 rings (SSSR count). The van der Waals surface area contributed by atoms with E-state index in [0.29, 0.717) is 31.9 Å². The van der Waals surface area contributed by atoms with Gasteiger partial charge in [0.05, 0.1) is 6.61 Å². The molecule has 0 aliphatic rings. The zero-order valence-corrected chi connectivity index (χ0v) is 28.9. The van der Waals surface area contributed by atoms with E-state index in [9.17, 15) is 24.3 Å². The molecule has 244 valence electrons. The molecular formula is C32H53LiN4O7. The third kappa shape index (κ3) is 14.0. The van der Waals surface area contributed by atoms with Crippen LogP contribution in [-0.2, 0) is 27.4 Å². The first kappa shape index (κ1) is 43.4. The number of carboxylic acid groups (broad SMARTS) is 1. The molecule has 0 amide bonds. The Hall–Kier alpha value is -2.68. The molecule has 0 fully saturated rings. The smallest absolute Gasteiger partial charge is 0.870 e. The van der Waals surface area contributed by atoms with E-state index < -0.39 is 18.1 Å². The van der Waals surface area contributed by atoms with Gasteiger partial charge in [-0.3, -0.25) is 9.59 Å². The van der Waals surface area contributed by atoms with Gasteiger partial charge in [0.2, 0.25) is 0 Å². The fraction of sp³-hybridized carbons (Fsp3) is 0.625. The Morgan fingerprint density at radius 3 is 1.48 bits per heavy atom. The van der Waals surface area contributed by atoms with Crippen molar-refractivity contribution in [2.24, 2.45) is 11.8 Å². The van der Waals surface area contributed by atoms with Crippen LogP contribution in [0.2, 0.25) is 0 Å². The number of esters is 1. The van der Waals surface area contributed by atoms with Gasteiger partial charge in [-0.2, -0.15) is 0 Å². The van der Waals surface area contributed by atoms with Crippen molar-refractivity contribution in [2.75, 3.05) is 34.8 Å². The molecule has 0 aliphatic heterocycles. The third-order valence-electron chi connectivity index (χ3n) is 6.67. The van der Waals surface area contributed by atoms with Crippen LogP contribution in [0.15, 0.2) is 34.1 Å². The van der Waals surface area contributed by atoms with Crippen molar-refractivity contribution in [1.29, 1.82) is 0 Å². The molecule has 11 nitrogen and oxygen atoms in total. The maximum Gasteiger partial charge on any atom is 1.00 e. The number of rotatable bonds is 13.